The summed E-state index contributed by atoms with van der Waals surface area (Å²) in [5.41, 5.74) is 5.73. The molecule has 0 radical (unpaired) electrons. The molecule has 0 fully saturated rings. The molecule has 0 saturated heterocycles. The summed E-state index contributed by atoms with van der Waals surface area (Å²) in [6.07, 6.45) is -0.312. The van der Waals surface area contributed by atoms with Crippen LogP contribution in [-0.4, -0.2) is 39.1 Å². The zero-order valence-electron chi connectivity index (χ0n) is 22.3. The van der Waals surface area contributed by atoms with E-state index in [1.165, 1.54) is 0 Å². The molecule has 1 atom stereocenters. The summed E-state index contributed by atoms with van der Waals surface area (Å²) in [5.74, 6) is -3.40. The number of benzene rings is 4. The third kappa shape index (κ3) is 5.70. The van der Waals surface area contributed by atoms with Crippen LogP contribution >= 0.6 is 0 Å². The van der Waals surface area contributed by atoms with E-state index in [0.29, 0.717) is 28.2 Å². The standard InChI is InChI=1S/C32H27F2N5O2/c1-20-11-13-21(14-12-20)15-29(40)35-28-17-23(24-9-5-6-10-25(24)31-36-38-39-37-31)16-26-27(22-7-3-2-4-8-22)18-32(33,34)19-41-30(26)28/h2-14,16-17,27H,15,18-19H2,1H3,(H,35,40)(H,36,37,38,39). The van der Waals surface area contributed by atoms with Gasteiger partial charge < -0.3 is 10.1 Å². The number of carbonyl (C=O) groups excluding carboxylic acids is 1. The van der Waals surface area contributed by atoms with Crippen molar-refractivity contribution in [1.29, 1.82) is 0 Å². The number of aromatic nitrogens is 4. The molecule has 41 heavy (non-hydrogen) atoms. The number of aryl methyl sites for hydroxylation is 1. The van der Waals surface area contributed by atoms with Gasteiger partial charge in [0.25, 0.3) is 5.92 Å². The molecule has 0 aliphatic carbocycles. The highest BCUT2D eigenvalue weighted by Gasteiger charge is 2.40. The number of fused-ring (bicyclic) bond motifs is 1. The summed E-state index contributed by atoms with van der Waals surface area (Å²) in [7, 11) is 0. The fourth-order valence-corrected chi connectivity index (χ4v) is 5.24. The highest BCUT2D eigenvalue weighted by Crippen LogP contribution is 2.48. The quantitative estimate of drug-likeness (QED) is 0.249. The molecule has 7 nitrogen and oxygen atoms in total. The van der Waals surface area contributed by atoms with Crippen LogP contribution in [0.4, 0.5) is 14.5 Å². The van der Waals surface area contributed by atoms with E-state index >= 15 is 8.78 Å². The normalized spacial score (nSPS) is 15.8. The van der Waals surface area contributed by atoms with Crippen LogP contribution in [-0.2, 0) is 11.2 Å². The molecule has 5 aromatic rings. The number of aromatic amines is 1. The number of rotatable bonds is 6. The van der Waals surface area contributed by atoms with E-state index in [-0.39, 0.29) is 18.1 Å². The van der Waals surface area contributed by atoms with Crippen molar-refractivity contribution in [3.05, 3.63) is 113 Å². The molecule has 4 aromatic carbocycles. The predicted octanol–water partition coefficient (Wildman–Crippen LogP) is 6.57. The van der Waals surface area contributed by atoms with Gasteiger partial charge in [0, 0.05) is 23.5 Å². The Morgan fingerprint density at radius 3 is 2.46 bits per heavy atom. The molecule has 1 amide bonds. The average molecular weight is 552 g/mol. The number of alkyl halides is 2. The Bertz CT molecular complexity index is 1670. The van der Waals surface area contributed by atoms with Crippen molar-refractivity contribution in [1.82, 2.24) is 20.6 Å². The van der Waals surface area contributed by atoms with Crippen molar-refractivity contribution in [3.63, 3.8) is 0 Å². The molecule has 1 aliphatic heterocycles. The maximum absolute atomic E-state index is 15.1. The molecule has 1 unspecified atom stereocenters. The molecule has 0 saturated carbocycles. The highest BCUT2D eigenvalue weighted by molar-refractivity contribution is 5.96. The Labute approximate surface area is 235 Å². The Kier molecular flexibility index (Phi) is 7.01. The van der Waals surface area contributed by atoms with Crippen LogP contribution in [0.25, 0.3) is 22.5 Å². The van der Waals surface area contributed by atoms with Crippen LogP contribution in [0.15, 0.2) is 91.0 Å². The Hall–Kier alpha value is -4.92. The summed E-state index contributed by atoms with van der Waals surface area (Å²) in [6, 6.07) is 28.0. The number of halogens is 2. The van der Waals surface area contributed by atoms with Gasteiger partial charge >= 0.3 is 0 Å². The fourth-order valence-electron chi connectivity index (χ4n) is 5.24. The fraction of sp³-hybridized carbons (Fsp3) is 0.188. The molecular weight excluding hydrogens is 524 g/mol. The highest BCUT2D eigenvalue weighted by atomic mass is 19.3. The van der Waals surface area contributed by atoms with Gasteiger partial charge in [0.2, 0.25) is 11.7 Å². The molecule has 2 heterocycles. The number of tetrazole rings is 1. The van der Waals surface area contributed by atoms with Crippen molar-refractivity contribution < 1.29 is 18.3 Å². The Morgan fingerprint density at radius 2 is 1.73 bits per heavy atom. The van der Waals surface area contributed by atoms with Gasteiger partial charge in [-0.3, -0.25) is 4.79 Å². The largest absolute Gasteiger partial charge is 0.485 e. The van der Waals surface area contributed by atoms with E-state index in [0.717, 1.165) is 22.3 Å². The SMILES string of the molecule is Cc1ccc(CC(=O)Nc2cc(-c3ccccc3-c3nn[nH]n3)cc3c2OCC(F)(F)CC3c2ccccc2)cc1. The van der Waals surface area contributed by atoms with E-state index in [1.807, 2.05) is 91.9 Å². The molecule has 1 aromatic heterocycles. The first-order chi connectivity index (χ1) is 19.9. The number of amides is 1. The van der Waals surface area contributed by atoms with E-state index < -0.39 is 24.9 Å². The predicted molar refractivity (Wildman–Crippen MR) is 152 cm³/mol. The van der Waals surface area contributed by atoms with Gasteiger partial charge in [-0.1, -0.05) is 84.4 Å². The number of H-pyrrole nitrogens is 1. The lowest BCUT2D eigenvalue weighted by molar-refractivity contribution is -0.115. The first-order valence-electron chi connectivity index (χ1n) is 13.3. The first-order valence-corrected chi connectivity index (χ1v) is 13.3. The molecule has 6 rings (SSSR count). The zero-order chi connectivity index (χ0) is 28.4. The second-order valence-corrected chi connectivity index (χ2v) is 10.2. The van der Waals surface area contributed by atoms with E-state index in [1.54, 1.807) is 6.07 Å². The van der Waals surface area contributed by atoms with Crippen molar-refractivity contribution in [2.24, 2.45) is 0 Å². The second-order valence-electron chi connectivity index (χ2n) is 10.2. The van der Waals surface area contributed by atoms with E-state index in [4.69, 9.17) is 4.74 Å². The van der Waals surface area contributed by atoms with Crippen LogP contribution < -0.4 is 10.1 Å². The summed E-state index contributed by atoms with van der Waals surface area (Å²) in [5, 5.41) is 17.4. The summed E-state index contributed by atoms with van der Waals surface area (Å²) in [4.78, 5) is 13.3. The smallest absolute Gasteiger partial charge is 0.282 e. The maximum atomic E-state index is 15.1. The van der Waals surface area contributed by atoms with Gasteiger partial charge in [0.1, 0.15) is 5.75 Å². The topological polar surface area (TPSA) is 92.8 Å². The summed E-state index contributed by atoms with van der Waals surface area (Å²) < 4.78 is 36.0. The lowest BCUT2D eigenvalue weighted by atomic mass is 9.84. The lowest BCUT2D eigenvalue weighted by Gasteiger charge is -2.22. The van der Waals surface area contributed by atoms with Crippen LogP contribution in [0.5, 0.6) is 5.75 Å². The van der Waals surface area contributed by atoms with Gasteiger partial charge in [-0.2, -0.15) is 5.21 Å². The van der Waals surface area contributed by atoms with Gasteiger partial charge in [0.05, 0.1) is 12.1 Å². The monoisotopic (exact) mass is 551 g/mol. The molecule has 206 valence electrons. The number of hydrogen-bond donors (Lipinski definition) is 2. The minimum Gasteiger partial charge on any atom is -0.485 e. The van der Waals surface area contributed by atoms with E-state index in [2.05, 4.69) is 25.9 Å². The van der Waals surface area contributed by atoms with Crippen LogP contribution in [0, 0.1) is 6.92 Å². The third-order valence-corrected chi connectivity index (χ3v) is 7.21. The van der Waals surface area contributed by atoms with Crippen LogP contribution in [0.2, 0.25) is 0 Å². The molecule has 0 bridgehead atoms. The number of nitrogens with zero attached hydrogens (tertiary/aromatic N) is 3. The van der Waals surface area contributed by atoms with Crippen LogP contribution in [0.3, 0.4) is 0 Å². The average Bonchev–Trinajstić information content (AvgIpc) is 3.47. The van der Waals surface area contributed by atoms with Crippen molar-refractivity contribution in [2.45, 2.75) is 31.6 Å². The minimum atomic E-state index is -3.08. The van der Waals surface area contributed by atoms with Gasteiger partial charge in [-0.25, -0.2) is 8.78 Å². The number of nitrogens with one attached hydrogen (secondary N) is 2. The molecule has 0 spiro atoms. The summed E-state index contributed by atoms with van der Waals surface area (Å²) in [6.45, 7) is 1.19. The number of hydrogen-bond acceptors (Lipinski definition) is 5. The first kappa shape index (κ1) is 26.3. The maximum Gasteiger partial charge on any atom is 0.282 e. The van der Waals surface area contributed by atoms with Gasteiger partial charge in [-0.15, -0.1) is 10.2 Å². The van der Waals surface area contributed by atoms with Crippen LogP contribution in [0.1, 0.15) is 34.6 Å². The lowest BCUT2D eigenvalue weighted by Crippen LogP contribution is -2.25. The summed E-state index contributed by atoms with van der Waals surface area (Å²) >= 11 is 0. The minimum absolute atomic E-state index is 0.122. The van der Waals surface area contributed by atoms with Crippen molar-refractivity contribution >= 4 is 11.6 Å². The molecular formula is C32H27F2N5O2. The van der Waals surface area contributed by atoms with Crippen molar-refractivity contribution in [2.75, 3.05) is 11.9 Å². The number of anilines is 1. The van der Waals surface area contributed by atoms with Gasteiger partial charge in [0.15, 0.2) is 6.61 Å². The number of carbonyl (C=O) groups is 1. The second kappa shape index (κ2) is 10.9. The number of ether oxygens (including phenoxy) is 1. The molecule has 9 heteroatoms. The third-order valence-electron chi connectivity index (χ3n) is 7.21. The van der Waals surface area contributed by atoms with E-state index in [9.17, 15) is 4.79 Å². The Balaban J connectivity index is 1.50. The van der Waals surface area contributed by atoms with Crippen molar-refractivity contribution in [3.8, 4) is 28.3 Å². The van der Waals surface area contributed by atoms with Gasteiger partial charge in [-0.05, 0) is 46.5 Å². The molecule has 2 N–H and O–H groups in total. The molecule has 1 aliphatic rings. The Morgan fingerprint density at radius 1 is 1.00 bits per heavy atom. The zero-order valence-corrected chi connectivity index (χ0v) is 22.3.